The minimum Gasteiger partial charge on any atom is -0.497 e. The summed E-state index contributed by atoms with van der Waals surface area (Å²) in [5, 5.41) is 1.29. The number of hydrogen-bond donors (Lipinski definition) is 1. The lowest BCUT2D eigenvalue weighted by atomic mass is 10.1. The smallest absolute Gasteiger partial charge is 0.120 e. The lowest BCUT2D eigenvalue weighted by Gasteiger charge is -2.03. The molecule has 1 heterocycles. The first-order chi connectivity index (χ1) is 7.80. The van der Waals surface area contributed by atoms with E-state index in [0.29, 0.717) is 6.54 Å². The molecule has 0 amide bonds. The van der Waals surface area contributed by atoms with Crippen LogP contribution in [0, 0.1) is 0 Å². The predicted octanol–water partition coefficient (Wildman–Crippen LogP) is 2.17. The van der Waals surface area contributed by atoms with Gasteiger partial charge in [-0.05, 0) is 37.6 Å². The molecule has 0 radical (unpaired) electrons. The predicted molar refractivity (Wildman–Crippen MR) is 66.9 cm³/mol. The molecule has 0 saturated carbocycles. The molecule has 0 aliphatic rings. The molecule has 0 atom stereocenters. The maximum atomic E-state index is 5.62. The fourth-order valence-electron chi connectivity index (χ4n) is 2.09. The number of nitrogens with zero attached hydrogens (tertiary/aromatic N) is 1. The fourth-order valence-corrected chi connectivity index (χ4v) is 2.09. The molecular weight excluding hydrogens is 200 g/mol. The number of fused-ring (bicyclic) bond motifs is 1. The van der Waals surface area contributed by atoms with E-state index in [1.807, 2.05) is 6.07 Å². The highest BCUT2D eigenvalue weighted by Crippen LogP contribution is 2.26. The normalized spacial score (nSPS) is 10.9. The number of aryl methyl sites for hydroxylation is 1. The molecule has 86 valence electrons. The van der Waals surface area contributed by atoms with Gasteiger partial charge in [-0.1, -0.05) is 0 Å². The van der Waals surface area contributed by atoms with E-state index in [9.17, 15) is 0 Å². The quantitative estimate of drug-likeness (QED) is 0.854. The van der Waals surface area contributed by atoms with Crippen LogP contribution in [0.25, 0.3) is 10.9 Å². The summed E-state index contributed by atoms with van der Waals surface area (Å²) >= 11 is 0. The van der Waals surface area contributed by atoms with Crippen LogP contribution in [0.3, 0.4) is 0 Å². The highest BCUT2D eigenvalue weighted by atomic mass is 16.5. The summed E-state index contributed by atoms with van der Waals surface area (Å²) in [7, 11) is 1.70. The molecule has 0 saturated heterocycles. The Balaban J connectivity index is 2.59. The number of methoxy groups -OCH3 is 1. The van der Waals surface area contributed by atoms with Gasteiger partial charge in [-0.3, -0.25) is 0 Å². The summed E-state index contributed by atoms with van der Waals surface area (Å²) in [6, 6.07) is 6.20. The molecule has 0 unspecified atom stereocenters. The SMILES string of the molecule is CCn1cc(CCN)c2ccc(OC)cc21. The zero-order chi connectivity index (χ0) is 11.5. The lowest BCUT2D eigenvalue weighted by Crippen LogP contribution is -2.02. The number of nitrogens with two attached hydrogens (primary N) is 1. The van der Waals surface area contributed by atoms with Crippen LogP contribution in [-0.4, -0.2) is 18.2 Å². The fraction of sp³-hybridized carbons (Fsp3) is 0.385. The second-order valence-electron chi connectivity index (χ2n) is 3.86. The van der Waals surface area contributed by atoms with Gasteiger partial charge in [0.25, 0.3) is 0 Å². The molecule has 3 nitrogen and oxygen atoms in total. The van der Waals surface area contributed by atoms with Crippen LogP contribution in [0.1, 0.15) is 12.5 Å². The van der Waals surface area contributed by atoms with E-state index >= 15 is 0 Å². The van der Waals surface area contributed by atoms with Crippen LogP contribution in [0.2, 0.25) is 0 Å². The van der Waals surface area contributed by atoms with Crippen LogP contribution in [0.5, 0.6) is 5.75 Å². The van der Waals surface area contributed by atoms with Gasteiger partial charge in [-0.2, -0.15) is 0 Å². The number of aromatic nitrogens is 1. The van der Waals surface area contributed by atoms with Crippen molar-refractivity contribution in [3.05, 3.63) is 30.0 Å². The van der Waals surface area contributed by atoms with E-state index in [1.54, 1.807) is 7.11 Å². The summed E-state index contributed by atoms with van der Waals surface area (Å²) in [6.45, 7) is 3.80. The molecule has 2 N–H and O–H groups in total. The molecule has 3 heteroatoms. The molecule has 0 aliphatic heterocycles. The Kier molecular flexibility index (Phi) is 3.15. The summed E-state index contributed by atoms with van der Waals surface area (Å²) in [4.78, 5) is 0. The van der Waals surface area contributed by atoms with Crippen molar-refractivity contribution in [1.82, 2.24) is 4.57 Å². The minimum absolute atomic E-state index is 0.689. The van der Waals surface area contributed by atoms with Crippen molar-refractivity contribution in [2.24, 2.45) is 5.73 Å². The average Bonchev–Trinajstić information content (AvgIpc) is 2.67. The van der Waals surface area contributed by atoms with Gasteiger partial charge in [-0.15, -0.1) is 0 Å². The summed E-state index contributed by atoms with van der Waals surface area (Å²) in [6.07, 6.45) is 3.12. The van der Waals surface area contributed by atoms with Gasteiger partial charge >= 0.3 is 0 Å². The molecule has 0 aliphatic carbocycles. The Morgan fingerprint density at radius 3 is 2.81 bits per heavy atom. The first-order valence-electron chi connectivity index (χ1n) is 5.66. The van der Waals surface area contributed by atoms with Gasteiger partial charge in [0.05, 0.1) is 12.6 Å². The average molecular weight is 218 g/mol. The van der Waals surface area contributed by atoms with Crippen molar-refractivity contribution in [1.29, 1.82) is 0 Å². The first kappa shape index (κ1) is 11.0. The number of ether oxygens (including phenoxy) is 1. The Bertz CT molecular complexity index is 488. The highest BCUT2D eigenvalue weighted by molar-refractivity contribution is 5.85. The van der Waals surface area contributed by atoms with Crippen molar-refractivity contribution in [3.8, 4) is 5.75 Å². The Labute approximate surface area is 95.8 Å². The van der Waals surface area contributed by atoms with E-state index in [-0.39, 0.29) is 0 Å². The van der Waals surface area contributed by atoms with Gasteiger partial charge in [0, 0.05) is 24.2 Å². The van der Waals surface area contributed by atoms with E-state index < -0.39 is 0 Å². The summed E-state index contributed by atoms with van der Waals surface area (Å²) in [5.74, 6) is 0.902. The maximum Gasteiger partial charge on any atom is 0.120 e. The van der Waals surface area contributed by atoms with Crippen molar-refractivity contribution in [2.75, 3.05) is 13.7 Å². The standard InChI is InChI=1S/C13H18N2O/c1-3-15-9-10(6-7-14)12-5-4-11(16-2)8-13(12)15/h4-5,8-9H,3,6-7,14H2,1-2H3. The second-order valence-corrected chi connectivity index (χ2v) is 3.86. The first-order valence-corrected chi connectivity index (χ1v) is 5.66. The number of hydrogen-bond acceptors (Lipinski definition) is 2. The van der Waals surface area contributed by atoms with Gasteiger partial charge in [0.15, 0.2) is 0 Å². The number of benzene rings is 1. The van der Waals surface area contributed by atoms with Crippen molar-refractivity contribution in [2.45, 2.75) is 19.9 Å². The largest absolute Gasteiger partial charge is 0.497 e. The molecule has 2 rings (SSSR count). The topological polar surface area (TPSA) is 40.2 Å². The maximum absolute atomic E-state index is 5.62. The molecule has 1 aromatic heterocycles. The Morgan fingerprint density at radius 2 is 2.19 bits per heavy atom. The van der Waals surface area contributed by atoms with Crippen LogP contribution >= 0.6 is 0 Å². The van der Waals surface area contributed by atoms with Gasteiger partial charge in [-0.25, -0.2) is 0 Å². The van der Waals surface area contributed by atoms with Gasteiger partial charge < -0.3 is 15.0 Å². The third-order valence-electron chi connectivity index (χ3n) is 2.93. The highest BCUT2D eigenvalue weighted by Gasteiger charge is 2.07. The summed E-state index contributed by atoms with van der Waals surface area (Å²) in [5.41, 5.74) is 8.17. The monoisotopic (exact) mass is 218 g/mol. The molecule has 0 fully saturated rings. The molecule has 0 spiro atoms. The molecular formula is C13H18N2O. The van der Waals surface area contributed by atoms with E-state index in [0.717, 1.165) is 18.7 Å². The van der Waals surface area contributed by atoms with Crippen LogP contribution < -0.4 is 10.5 Å². The minimum atomic E-state index is 0.689. The zero-order valence-corrected chi connectivity index (χ0v) is 9.86. The van der Waals surface area contributed by atoms with Crippen molar-refractivity contribution >= 4 is 10.9 Å². The second kappa shape index (κ2) is 4.58. The van der Waals surface area contributed by atoms with E-state index in [4.69, 9.17) is 10.5 Å². The van der Waals surface area contributed by atoms with Crippen LogP contribution in [0.15, 0.2) is 24.4 Å². The van der Waals surface area contributed by atoms with Gasteiger partial charge in [0.2, 0.25) is 0 Å². The molecule has 1 aromatic carbocycles. The molecule has 16 heavy (non-hydrogen) atoms. The third kappa shape index (κ3) is 1.78. The molecule has 0 bridgehead atoms. The Morgan fingerprint density at radius 1 is 1.38 bits per heavy atom. The van der Waals surface area contributed by atoms with Crippen LogP contribution in [0.4, 0.5) is 0 Å². The van der Waals surface area contributed by atoms with Crippen LogP contribution in [-0.2, 0) is 13.0 Å². The summed E-state index contributed by atoms with van der Waals surface area (Å²) < 4.78 is 7.49. The van der Waals surface area contributed by atoms with E-state index in [1.165, 1.54) is 16.5 Å². The molecule has 2 aromatic rings. The Hall–Kier alpha value is -1.48. The third-order valence-corrected chi connectivity index (χ3v) is 2.93. The van der Waals surface area contributed by atoms with Crippen molar-refractivity contribution < 1.29 is 4.74 Å². The zero-order valence-electron chi connectivity index (χ0n) is 9.86. The number of rotatable bonds is 4. The van der Waals surface area contributed by atoms with E-state index in [2.05, 4.69) is 29.8 Å². The lowest BCUT2D eigenvalue weighted by molar-refractivity contribution is 0.415. The van der Waals surface area contributed by atoms with Gasteiger partial charge in [0.1, 0.15) is 5.75 Å². The van der Waals surface area contributed by atoms with Crippen molar-refractivity contribution in [3.63, 3.8) is 0 Å².